The molecular formula is C13H20S. The van der Waals surface area contributed by atoms with E-state index < -0.39 is 0 Å². The van der Waals surface area contributed by atoms with Crippen molar-refractivity contribution in [2.75, 3.05) is 11.5 Å². The van der Waals surface area contributed by atoms with Crippen molar-refractivity contribution in [1.82, 2.24) is 0 Å². The minimum atomic E-state index is 0.604. The van der Waals surface area contributed by atoms with Gasteiger partial charge in [-0.2, -0.15) is 11.8 Å². The van der Waals surface area contributed by atoms with E-state index in [2.05, 4.69) is 37.8 Å². The molecule has 0 N–H and O–H groups in total. The molecule has 0 amide bonds. The number of thioether (sulfide) groups is 1. The van der Waals surface area contributed by atoms with Crippen LogP contribution in [0.1, 0.15) is 39.5 Å². The standard InChI is InChI=1S/C13H20S/c1-11(2)7-12-5-3-4-6-13(12,8-11)10-14-9-12/h3-4H,5-10H2,1-2H3. The van der Waals surface area contributed by atoms with E-state index in [9.17, 15) is 0 Å². The van der Waals surface area contributed by atoms with E-state index in [-0.39, 0.29) is 0 Å². The molecule has 1 heterocycles. The van der Waals surface area contributed by atoms with Gasteiger partial charge in [0.05, 0.1) is 0 Å². The fraction of sp³-hybridized carbons (Fsp3) is 0.846. The lowest BCUT2D eigenvalue weighted by Crippen LogP contribution is -2.37. The Morgan fingerprint density at radius 3 is 1.93 bits per heavy atom. The van der Waals surface area contributed by atoms with Gasteiger partial charge in [-0.05, 0) is 53.4 Å². The van der Waals surface area contributed by atoms with Gasteiger partial charge in [0.1, 0.15) is 0 Å². The summed E-state index contributed by atoms with van der Waals surface area (Å²) in [4.78, 5) is 0. The number of allylic oxidation sites excluding steroid dienone is 2. The highest BCUT2D eigenvalue weighted by atomic mass is 32.2. The van der Waals surface area contributed by atoms with Crippen molar-refractivity contribution in [2.24, 2.45) is 16.2 Å². The molecule has 0 aromatic carbocycles. The van der Waals surface area contributed by atoms with E-state index in [1.54, 1.807) is 0 Å². The first-order chi connectivity index (χ1) is 6.58. The molecule has 1 heteroatoms. The molecule has 2 unspecified atom stereocenters. The Morgan fingerprint density at radius 1 is 0.929 bits per heavy atom. The van der Waals surface area contributed by atoms with Gasteiger partial charge in [0.2, 0.25) is 0 Å². The summed E-state index contributed by atoms with van der Waals surface area (Å²) in [5, 5.41) is 0. The summed E-state index contributed by atoms with van der Waals surface area (Å²) in [6.07, 6.45) is 10.6. The number of rotatable bonds is 0. The van der Waals surface area contributed by atoms with Gasteiger partial charge >= 0.3 is 0 Å². The third-order valence-electron chi connectivity index (χ3n) is 4.70. The molecule has 2 fully saturated rings. The topological polar surface area (TPSA) is 0 Å². The zero-order chi connectivity index (χ0) is 9.86. The summed E-state index contributed by atoms with van der Waals surface area (Å²) in [5.41, 5.74) is 1.98. The van der Waals surface area contributed by atoms with E-state index in [1.165, 1.54) is 37.2 Å². The maximum Gasteiger partial charge on any atom is -0.000168 e. The van der Waals surface area contributed by atoms with Crippen LogP contribution in [0, 0.1) is 16.2 Å². The minimum Gasteiger partial charge on any atom is -0.161 e. The Balaban J connectivity index is 2.05. The van der Waals surface area contributed by atoms with Crippen LogP contribution in [-0.4, -0.2) is 11.5 Å². The van der Waals surface area contributed by atoms with Gasteiger partial charge in [-0.25, -0.2) is 0 Å². The van der Waals surface area contributed by atoms with E-state index in [4.69, 9.17) is 0 Å². The molecule has 0 aromatic rings. The van der Waals surface area contributed by atoms with E-state index in [1.807, 2.05) is 0 Å². The Hall–Kier alpha value is 0.0900. The van der Waals surface area contributed by atoms with Crippen LogP contribution in [0.25, 0.3) is 0 Å². The summed E-state index contributed by atoms with van der Waals surface area (Å²) < 4.78 is 0. The van der Waals surface area contributed by atoms with Crippen LogP contribution in [0.2, 0.25) is 0 Å². The van der Waals surface area contributed by atoms with Gasteiger partial charge in [0, 0.05) is 0 Å². The smallest absolute Gasteiger partial charge is 0.000168 e. The van der Waals surface area contributed by atoms with Crippen molar-refractivity contribution in [1.29, 1.82) is 0 Å². The van der Waals surface area contributed by atoms with Crippen molar-refractivity contribution in [2.45, 2.75) is 39.5 Å². The average molecular weight is 208 g/mol. The Bertz CT molecular complexity index is 266. The highest BCUT2D eigenvalue weighted by Gasteiger charge is 2.62. The van der Waals surface area contributed by atoms with Gasteiger partial charge in [-0.3, -0.25) is 0 Å². The Labute approximate surface area is 91.5 Å². The molecule has 3 rings (SSSR count). The second-order valence-corrected chi connectivity index (χ2v) is 7.44. The van der Waals surface area contributed by atoms with Crippen LogP contribution in [-0.2, 0) is 0 Å². The van der Waals surface area contributed by atoms with E-state index in [0.717, 1.165) is 0 Å². The first kappa shape index (κ1) is 9.33. The predicted octanol–water partition coefficient (Wildman–Crippen LogP) is 3.88. The maximum absolute atomic E-state index is 2.48. The molecule has 2 atom stereocenters. The molecule has 1 saturated carbocycles. The first-order valence-corrected chi connectivity index (χ1v) is 6.96. The molecule has 1 aliphatic heterocycles. The fourth-order valence-corrected chi connectivity index (χ4v) is 6.37. The van der Waals surface area contributed by atoms with Crippen molar-refractivity contribution in [3.8, 4) is 0 Å². The van der Waals surface area contributed by atoms with Crippen molar-refractivity contribution >= 4 is 11.8 Å². The molecule has 0 aromatic heterocycles. The predicted molar refractivity (Wildman–Crippen MR) is 63.6 cm³/mol. The molecule has 3 aliphatic rings. The zero-order valence-electron chi connectivity index (χ0n) is 9.31. The molecule has 0 bridgehead atoms. The van der Waals surface area contributed by atoms with Gasteiger partial charge in [0.15, 0.2) is 0 Å². The molecule has 14 heavy (non-hydrogen) atoms. The summed E-state index contributed by atoms with van der Waals surface area (Å²) in [7, 11) is 0. The fourth-order valence-electron chi connectivity index (χ4n) is 4.43. The number of hydrogen-bond donors (Lipinski definition) is 0. The molecule has 0 radical (unpaired) electrons. The summed E-state index contributed by atoms with van der Waals surface area (Å²) in [6.45, 7) is 4.95. The third kappa shape index (κ3) is 1.02. The van der Waals surface area contributed by atoms with Crippen LogP contribution in [0.15, 0.2) is 12.2 Å². The van der Waals surface area contributed by atoms with Crippen LogP contribution in [0.5, 0.6) is 0 Å². The monoisotopic (exact) mass is 208 g/mol. The zero-order valence-corrected chi connectivity index (χ0v) is 10.1. The maximum atomic E-state index is 2.48. The average Bonchev–Trinajstić information content (AvgIpc) is 2.50. The second kappa shape index (κ2) is 2.61. The molecular weight excluding hydrogens is 188 g/mol. The van der Waals surface area contributed by atoms with Gasteiger partial charge < -0.3 is 0 Å². The molecule has 0 nitrogen and oxygen atoms in total. The van der Waals surface area contributed by atoms with Crippen LogP contribution in [0.3, 0.4) is 0 Å². The van der Waals surface area contributed by atoms with E-state index in [0.29, 0.717) is 16.2 Å². The van der Waals surface area contributed by atoms with Crippen molar-refractivity contribution in [3.05, 3.63) is 12.2 Å². The normalized spacial score (nSPS) is 49.0. The van der Waals surface area contributed by atoms with Gasteiger partial charge in [0.25, 0.3) is 0 Å². The van der Waals surface area contributed by atoms with Crippen molar-refractivity contribution in [3.63, 3.8) is 0 Å². The SMILES string of the molecule is CC1(C)CC23CC=CCC2(CSC3)C1. The Kier molecular flexibility index (Phi) is 1.74. The minimum absolute atomic E-state index is 0.604. The summed E-state index contributed by atoms with van der Waals surface area (Å²) in [6, 6.07) is 0. The van der Waals surface area contributed by atoms with Crippen LogP contribution in [0.4, 0.5) is 0 Å². The largest absolute Gasteiger partial charge is 0.161 e. The molecule has 0 spiro atoms. The Morgan fingerprint density at radius 2 is 1.43 bits per heavy atom. The van der Waals surface area contributed by atoms with Gasteiger partial charge in [-0.15, -0.1) is 0 Å². The lowest BCUT2D eigenvalue weighted by atomic mass is 9.62. The lowest BCUT2D eigenvalue weighted by molar-refractivity contribution is 0.131. The molecule has 2 aliphatic carbocycles. The highest BCUT2D eigenvalue weighted by Crippen LogP contribution is 2.70. The van der Waals surface area contributed by atoms with Crippen molar-refractivity contribution < 1.29 is 0 Å². The quantitative estimate of drug-likeness (QED) is 0.544. The lowest BCUT2D eigenvalue weighted by Gasteiger charge is -2.41. The second-order valence-electron chi connectivity index (χ2n) is 6.45. The molecule has 78 valence electrons. The van der Waals surface area contributed by atoms with E-state index >= 15 is 0 Å². The highest BCUT2D eigenvalue weighted by molar-refractivity contribution is 7.99. The molecule has 1 saturated heterocycles. The van der Waals surface area contributed by atoms with Crippen LogP contribution < -0.4 is 0 Å². The third-order valence-corrected chi connectivity index (χ3v) is 6.21. The van der Waals surface area contributed by atoms with Crippen LogP contribution >= 0.6 is 11.8 Å². The number of hydrogen-bond acceptors (Lipinski definition) is 1. The first-order valence-electron chi connectivity index (χ1n) is 5.81. The summed E-state index contributed by atoms with van der Waals surface area (Å²) >= 11 is 2.21. The van der Waals surface area contributed by atoms with Gasteiger partial charge in [-0.1, -0.05) is 26.0 Å². The summed E-state index contributed by atoms with van der Waals surface area (Å²) in [5.74, 6) is 2.86.